The highest BCUT2D eigenvalue weighted by Crippen LogP contribution is 2.42. The van der Waals surface area contributed by atoms with Gasteiger partial charge in [-0.15, -0.1) is 0 Å². The molecule has 242 valence electrons. The molecule has 0 radical (unpaired) electrons. The van der Waals surface area contributed by atoms with E-state index in [0.717, 1.165) is 60.2 Å². The molecule has 2 aliphatic heterocycles. The summed E-state index contributed by atoms with van der Waals surface area (Å²) in [6, 6.07) is 32.7. The fraction of sp³-hybridized carbons (Fsp3) is 0.316. The third-order valence-corrected chi connectivity index (χ3v) is 9.58. The molecule has 7 rings (SSSR count). The number of ether oxygens (including phenoxy) is 2. The van der Waals surface area contributed by atoms with Crippen LogP contribution in [0.3, 0.4) is 0 Å². The summed E-state index contributed by atoms with van der Waals surface area (Å²) in [6.45, 7) is 4.63. The molecule has 3 N–H and O–H groups in total. The van der Waals surface area contributed by atoms with E-state index in [1.165, 1.54) is 0 Å². The molecule has 0 saturated carbocycles. The number of imidazole rings is 1. The Bertz CT molecular complexity index is 1860. The Kier molecular flexibility index (Phi) is 9.04. The first-order valence-electron chi connectivity index (χ1n) is 16.4. The number of piperidine rings is 1. The number of nitrogens with one attached hydrogen (secondary N) is 2. The molecule has 1 amide bonds. The van der Waals surface area contributed by atoms with E-state index in [4.69, 9.17) is 9.47 Å². The molecular formula is C38H40N4O5. The number of carbonyl (C=O) groups excluding carboxylic acids is 1. The van der Waals surface area contributed by atoms with E-state index >= 15 is 0 Å². The van der Waals surface area contributed by atoms with E-state index in [1.807, 2.05) is 95.6 Å². The first-order chi connectivity index (χ1) is 23.0. The Morgan fingerprint density at radius 3 is 2.28 bits per heavy atom. The number of aliphatic hydroxyl groups is 1. The molecule has 3 heterocycles. The highest BCUT2D eigenvalue weighted by molar-refractivity contribution is 6.04. The van der Waals surface area contributed by atoms with Crippen molar-refractivity contribution >= 4 is 22.6 Å². The molecule has 0 aliphatic carbocycles. The second-order valence-corrected chi connectivity index (χ2v) is 12.6. The quantitative estimate of drug-likeness (QED) is 0.188. The lowest BCUT2D eigenvalue weighted by Crippen LogP contribution is -2.47. The van der Waals surface area contributed by atoms with Gasteiger partial charge in [-0.3, -0.25) is 9.36 Å². The SMILES string of the molecule is C[C@@H]1[C@H](CN2CCC(n3c(=O)[nH]c4ccccc43)CC2)O[C@H](c2ccc(NC(=O)c3ccccc3)cc2)O[C@@H]1c1ccc(CO)cc1. The molecule has 1 aromatic heterocycles. The van der Waals surface area contributed by atoms with Crippen molar-refractivity contribution in [1.29, 1.82) is 0 Å². The van der Waals surface area contributed by atoms with Gasteiger partial charge in [0.1, 0.15) is 0 Å². The molecule has 9 nitrogen and oxygen atoms in total. The molecule has 9 heteroatoms. The number of nitrogens with zero attached hydrogens (tertiary/aromatic N) is 2. The van der Waals surface area contributed by atoms with Crippen LogP contribution in [0.2, 0.25) is 0 Å². The summed E-state index contributed by atoms with van der Waals surface area (Å²) in [4.78, 5) is 30.9. The van der Waals surface area contributed by atoms with Crippen molar-refractivity contribution in [3.8, 4) is 0 Å². The van der Waals surface area contributed by atoms with Crippen molar-refractivity contribution in [3.05, 3.63) is 136 Å². The first kappa shape index (κ1) is 31.1. The highest BCUT2D eigenvalue weighted by atomic mass is 16.7. The number of fused-ring (bicyclic) bond motifs is 1. The van der Waals surface area contributed by atoms with Crippen LogP contribution in [0.25, 0.3) is 11.0 Å². The lowest BCUT2D eigenvalue weighted by molar-refractivity contribution is -0.276. The van der Waals surface area contributed by atoms with Gasteiger partial charge in [0.05, 0.1) is 29.8 Å². The smallest absolute Gasteiger partial charge is 0.326 e. The topological polar surface area (TPSA) is 109 Å². The van der Waals surface area contributed by atoms with Gasteiger partial charge in [-0.1, -0.05) is 73.7 Å². The summed E-state index contributed by atoms with van der Waals surface area (Å²) in [5.41, 5.74) is 5.84. The Labute approximate surface area is 273 Å². The molecule has 2 aliphatic rings. The van der Waals surface area contributed by atoms with Gasteiger partial charge in [-0.2, -0.15) is 0 Å². The zero-order chi connectivity index (χ0) is 32.3. The number of likely N-dealkylation sites (tertiary alicyclic amines) is 1. The number of aliphatic hydroxyl groups excluding tert-OH is 1. The van der Waals surface area contributed by atoms with Crippen molar-refractivity contribution in [2.45, 2.75) is 50.9 Å². The average Bonchev–Trinajstić information content (AvgIpc) is 3.46. The number of hydrogen-bond donors (Lipinski definition) is 3. The molecule has 4 atom stereocenters. The van der Waals surface area contributed by atoms with Crippen LogP contribution >= 0.6 is 0 Å². The number of amides is 1. The lowest BCUT2D eigenvalue weighted by atomic mass is 9.89. The van der Waals surface area contributed by atoms with Gasteiger partial charge >= 0.3 is 5.69 Å². The van der Waals surface area contributed by atoms with Gasteiger partial charge in [0.2, 0.25) is 0 Å². The third kappa shape index (κ3) is 6.66. The predicted molar refractivity (Wildman–Crippen MR) is 181 cm³/mol. The van der Waals surface area contributed by atoms with E-state index in [0.29, 0.717) is 11.3 Å². The Balaban J connectivity index is 1.07. The Morgan fingerprint density at radius 2 is 1.55 bits per heavy atom. The highest BCUT2D eigenvalue weighted by Gasteiger charge is 2.39. The third-order valence-electron chi connectivity index (χ3n) is 9.58. The Hall–Kier alpha value is -4.54. The van der Waals surface area contributed by atoms with Crippen LogP contribution in [0.4, 0.5) is 5.69 Å². The monoisotopic (exact) mass is 632 g/mol. The summed E-state index contributed by atoms with van der Waals surface area (Å²) >= 11 is 0. The van der Waals surface area contributed by atoms with E-state index in [-0.39, 0.29) is 42.4 Å². The molecule has 47 heavy (non-hydrogen) atoms. The Morgan fingerprint density at radius 1 is 0.872 bits per heavy atom. The maximum atomic E-state index is 12.8. The van der Waals surface area contributed by atoms with Gasteiger partial charge in [0.15, 0.2) is 6.29 Å². The largest absolute Gasteiger partial charge is 0.392 e. The minimum Gasteiger partial charge on any atom is -0.392 e. The lowest BCUT2D eigenvalue weighted by Gasteiger charge is -2.44. The zero-order valence-corrected chi connectivity index (χ0v) is 26.4. The van der Waals surface area contributed by atoms with Crippen LogP contribution in [0.15, 0.2) is 108 Å². The maximum Gasteiger partial charge on any atom is 0.326 e. The van der Waals surface area contributed by atoms with E-state index < -0.39 is 6.29 Å². The summed E-state index contributed by atoms with van der Waals surface area (Å²) in [7, 11) is 0. The van der Waals surface area contributed by atoms with Gasteiger partial charge in [-0.25, -0.2) is 4.79 Å². The average molecular weight is 633 g/mol. The summed E-state index contributed by atoms with van der Waals surface area (Å²) < 4.78 is 15.3. The normalized spacial score (nSPS) is 22.3. The molecular weight excluding hydrogens is 592 g/mol. The summed E-state index contributed by atoms with van der Waals surface area (Å²) in [5.74, 6) is -0.105. The van der Waals surface area contributed by atoms with Gasteiger partial charge in [0, 0.05) is 48.4 Å². The zero-order valence-electron chi connectivity index (χ0n) is 26.4. The van der Waals surface area contributed by atoms with Crippen LogP contribution < -0.4 is 11.0 Å². The predicted octanol–water partition coefficient (Wildman–Crippen LogP) is 6.20. The van der Waals surface area contributed by atoms with Crippen molar-refractivity contribution in [2.24, 2.45) is 5.92 Å². The minimum atomic E-state index is -0.597. The van der Waals surface area contributed by atoms with E-state index in [9.17, 15) is 14.7 Å². The molecule has 0 unspecified atom stereocenters. The number of anilines is 1. The fourth-order valence-corrected chi connectivity index (χ4v) is 6.90. The second-order valence-electron chi connectivity index (χ2n) is 12.6. The van der Waals surface area contributed by atoms with Gasteiger partial charge in [0.25, 0.3) is 5.91 Å². The molecule has 2 saturated heterocycles. The van der Waals surface area contributed by atoms with Crippen molar-refractivity contribution in [3.63, 3.8) is 0 Å². The molecule has 0 bridgehead atoms. The fourth-order valence-electron chi connectivity index (χ4n) is 6.90. The van der Waals surface area contributed by atoms with Crippen LogP contribution in [-0.2, 0) is 16.1 Å². The molecule has 4 aromatic carbocycles. The second kappa shape index (κ2) is 13.7. The van der Waals surface area contributed by atoms with Crippen LogP contribution in [0.5, 0.6) is 0 Å². The number of H-pyrrole nitrogens is 1. The van der Waals surface area contributed by atoms with Crippen molar-refractivity contribution < 1.29 is 19.4 Å². The van der Waals surface area contributed by atoms with Crippen LogP contribution in [0, 0.1) is 5.92 Å². The first-order valence-corrected chi connectivity index (χ1v) is 16.4. The van der Waals surface area contributed by atoms with E-state index in [1.54, 1.807) is 12.1 Å². The van der Waals surface area contributed by atoms with Crippen molar-refractivity contribution in [2.75, 3.05) is 25.0 Å². The van der Waals surface area contributed by atoms with Crippen molar-refractivity contribution in [1.82, 2.24) is 14.5 Å². The number of benzene rings is 4. The van der Waals surface area contributed by atoms with Gasteiger partial charge in [-0.05, 0) is 60.4 Å². The number of carbonyl (C=O) groups is 1. The summed E-state index contributed by atoms with van der Waals surface area (Å²) in [6.07, 6.45) is 0.836. The number of hydrogen-bond acceptors (Lipinski definition) is 6. The van der Waals surface area contributed by atoms with Crippen LogP contribution in [0.1, 0.15) is 65.2 Å². The van der Waals surface area contributed by atoms with Gasteiger partial charge < -0.3 is 29.8 Å². The van der Waals surface area contributed by atoms with Crippen LogP contribution in [-0.4, -0.2) is 51.2 Å². The number of aromatic amines is 1. The minimum absolute atomic E-state index is 0.0104. The van der Waals surface area contributed by atoms with E-state index in [2.05, 4.69) is 22.1 Å². The standard InChI is InChI=1S/C38H40N4O5/c1-25-34(23-41-21-19-31(20-22-41)42-33-10-6-5-9-32(33)40-38(42)45)46-37(47-35(25)27-13-11-26(24-43)12-14-27)29-15-17-30(18-16-29)39-36(44)28-7-3-2-4-8-28/h2-18,25,31,34-35,37,43H,19-24H2,1H3,(H,39,44)(H,40,45)/t25-,34+,35+,37+/m1/s1. The number of aromatic nitrogens is 2. The maximum absolute atomic E-state index is 12.8. The number of para-hydroxylation sites is 2. The number of rotatable bonds is 8. The summed E-state index contributed by atoms with van der Waals surface area (Å²) in [5, 5.41) is 12.6. The molecule has 0 spiro atoms. The molecule has 2 fully saturated rings. The molecule has 5 aromatic rings.